The van der Waals surface area contributed by atoms with Gasteiger partial charge in [0.05, 0.1) is 0 Å². The van der Waals surface area contributed by atoms with Crippen LogP contribution in [0.3, 0.4) is 0 Å². The smallest absolute Gasteiger partial charge is 0.320 e. The fourth-order valence-corrected chi connectivity index (χ4v) is 4.10. The average molecular weight is 430 g/mol. The molecule has 0 unspecified atom stereocenters. The van der Waals surface area contributed by atoms with E-state index in [4.69, 9.17) is 21.1 Å². The summed E-state index contributed by atoms with van der Waals surface area (Å²) in [4.78, 5) is 25.8. The molecule has 2 aromatic carbocycles. The van der Waals surface area contributed by atoms with Crippen molar-refractivity contribution in [2.75, 3.05) is 12.1 Å². The zero-order valence-corrected chi connectivity index (χ0v) is 17.3. The second kappa shape index (κ2) is 8.83. The van der Waals surface area contributed by atoms with Crippen LogP contribution in [0.4, 0.5) is 10.5 Å². The summed E-state index contributed by atoms with van der Waals surface area (Å²) >= 11 is 5.98. The minimum atomic E-state index is -0.933. The van der Waals surface area contributed by atoms with Crippen molar-refractivity contribution in [3.05, 3.63) is 53.1 Å². The van der Waals surface area contributed by atoms with Crippen LogP contribution >= 0.6 is 11.6 Å². The van der Waals surface area contributed by atoms with Crippen LogP contribution in [0.15, 0.2) is 42.5 Å². The van der Waals surface area contributed by atoms with Crippen molar-refractivity contribution in [3.8, 4) is 11.5 Å². The van der Waals surface area contributed by atoms with Crippen molar-refractivity contribution < 1.29 is 19.1 Å². The van der Waals surface area contributed by atoms with Gasteiger partial charge < -0.3 is 25.4 Å². The normalized spacial score (nSPS) is 16.6. The quantitative estimate of drug-likeness (QED) is 0.664. The number of amides is 3. The highest BCUT2D eigenvalue weighted by Crippen LogP contribution is 2.33. The third kappa shape index (κ3) is 4.62. The molecular weight excluding hydrogens is 406 g/mol. The highest BCUT2D eigenvalue weighted by atomic mass is 35.5. The molecule has 158 valence electrons. The number of carbonyl (C=O) groups is 2. The maximum absolute atomic E-state index is 13.1. The van der Waals surface area contributed by atoms with E-state index in [1.807, 2.05) is 18.2 Å². The Morgan fingerprint density at radius 2 is 1.80 bits per heavy atom. The molecule has 1 aliphatic heterocycles. The monoisotopic (exact) mass is 429 g/mol. The van der Waals surface area contributed by atoms with Crippen molar-refractivity contribution in [3.63, 3.8) is 0 Å². The molecule has 0 atom stereocenters. The summed E-state index contributed by atoms with van der Waals surface area (Å²) in [5.41, 5.74) is 0.547. The van der Waals surface area contributed by atoms with Gasteiger partial charge in [0, 0.05) is 17.3 Å². The Bertz CT molecular complexity index is 944. The van der Waals surface area contributed by atoms with E-state index in [1.165, 1.54) is 0 Å². The van der Waals surface area contributed by atoms with Gasteiger partial charge in [0.15, 0.2) is 11.5 Å². The van der Waals surface area contributed by atoms with E-state index in [0.29, 0.717) is 41.6 Å². The fourth-order valence-electron chi connectivity index (χ4n) is 3.91. The SMILES string of the molecule is O=C(Nc1cccc(Cl)c1)NC1(C(=O)NCc2ccc3c(c2)OCO3)CCCCC1. The van der Waals surface area contributed by atoms with Gasteiger partial charge in [0.25, 0.3) is 0 Å². The molecule has 2 aromatic rings. The van der Waals surface area contributed by atoms with Gasteiger partial charge in [-0.15, -0.1) is 0 Å². The van der Waals surface area contributed by atoms with Gasteiger partial charge in [-0.1, -0.05) is 43.0 Å². The van der Waals surface area contributed by atoms with Gasteiger partial charge in [-0.3, -0.25) is 4.79 Å². The molecule has 3 amide bonds. The topological polar surface area (TPSA) is 88.7 Å². The summed E-state index contributed by atoms with van der Waals surface area (Å²) in [6, 6.07) is 12.1. The van der Waals surface area contributed by atoms with E-state index in [-0.39, 0.29) is 12.7 Å². The van der Waals surface area contributed by atoms with E-state index in [9.17, 15) is 9.59 Å². The van der Waals surface area contributed by atoms with E-state index < -0.39 is 11.6 Å². The maximum Gasteiger partial charge on any atom is 0.320 e. The van der Waals surface area contributed by atoms with Crippen LogP contribution in [-0.4, -0.2) is 24.3 Å². The van der Waals surface area contributed by atoms with Gasteiger partial charge in [-0.2, -0.15) is 0 Å². The zero-order valence-electron chi connectivity index (χ0n) is 16.5. The number of ether oxygens (including phenoxy) is 2. The minimum absolute atomic E-state index is 0.180. The molecular formula is C22H24ClN3O4. The van der Waals surface area contributed by atoms with Gasteiger partial charge in [0.2, 0.25) is 12.7 Å². The standard InChI is InChI=1S/C22H24ClN3O4/c23-16-5-4-6-17(12-16)25-21(28)26-22(9-2-1-3-10-22)20(27)24-13-15-7-8-18-19(11-15)30-14-29-18/h4-8,11-12H,1-3,9-10,13-14H2,(H,24,27)(H2,25,26,28). The first-order valence-electron chi connectivity index (χ1n) is 10.1. The first-order valence-corrected chi connectivity index (χ1v) is 10.4. The molecule has 1 saturated carbocycles. The lowest BCUT2D eigenvalue weighted by Crippen LogP contribution is -2.60. The van der Waals surface area contributed by atoms with E-state index in [1.54, 1.807) is 24.3 Å². The number of anilines is 1. The minimum Gasteiger partial charge on any atom is -0.454 e. The lowest BCUT2D eigenvalue weighted by atomic mass is 9.81. The molecule has 3 N–H and O–H groups in total. The van der Waals surface area contributed by atoms with Crippen molar-refractivity contribution in [2.24, 2.45) is 0 Å². The molecule has 1 heterocycles. The molecule has 0 saturated heterocycles. The maximum atomic E-state index is 13.1. The molecule has 4 rings (SSSR count). The Hall–Kier alpha value is -2.93. The second-order valence-corrected chi connectivity index (χ2v) is 8.04. The van der Waals surface area contributed by atoms with Crippen molar-refractivity contribution >= 4 is 29.2 Å². The largest absolute Gasteiger partial charge is 0.454 e. The number of rotatable bonds is 5. The predicted octanol–water partition coefficient (Wildman–Crippen LogP) is 4.21. The van der Waals surface area contributed by atoms with Crippen LogP contribution in [0.1, 0.15) is 37.7 Å². The summed E-state index contributed by atoms with van der Waals surface area (Å²) in [7, 11) is 0. The number of carbonyl (C=O) groups excluding carboxylic acids is 2. The molecule has 1 fully saturated rings. The highest BCUT2D eigenvalue weighted by Gasteiger charge is 2.40. The molecule has 0 spiro atoms. The number of fused-ring (bicyclic) bond motifs is 1. The van der Waals surface area contributed by atoms with E-state index in [2.05, 4.69) is 16.0 Å². The molecule has 2 aliphatic rings. The van der Waals surface area contributed by atoms with Crippen LogP contribution in [-0.2, 0) is 11.3 Å². The lowest BCUT2D eigenvalue weighted by Gasteiger charge is -2.36. The summed E-state index contributed by atoms with van der Waals surface area (Å²) < 4.78 is 10.7. The first kappa shape index (κ1) is 20.3. The molecule has 30 heavy (non-hydrogen) atoms. The molecule has 0 bridgehead atoms. The van der Waals surface area contributed by atoms with Gasteiger partial charge >= 0.3 is 6.03 Å². The number of hydrogen-bond acceptors (Lipinski definition) is 4. The van der Waals surface area contributed by atoms with Gasteiger partial charge in [-0.05, 0) is 48.7 Å². The second-order valence-electron chi connectivity index (χ2n) is 7.60. The number of nitrogens with one attached hydrogen (secondary N) is 3. The van der Waals surface area contributed by atoms with Crippen molar-refractivity contribution in [2.45, 2.75) is 44.2 Å². The van der Waals surface area contributed by atoms with Crippen molar-refractivity contribution in [1.29, 1.82) is 0 Å². The molecule has 8 heteroatoms. The first-order chi connectivity index (χ1) is 14.5. The Kier molecular flexibility index (Phi) is 5.99. The van der Waals surface area contributed by atoms with E-state index in [0.717, 1.165) is 24.8 Å². The number of halogens is 1. The summed E-state index contributed by atoms with van der Waals surface area (Å²) in [6.45, 7) is 0.550. The third-order valence-electron chi connectivity index (χ3n) is 5.47. The van der Waals surface area contributed by atoms with Gasteiger partial charge in [0.1, 0.15) is 5.54 Å². The van der Waals surface area contributed by atoms with Crippen LogP contribution in [0.5, 0.6) is 11.5 Å². The molecule has 1 aliphatic carbocycles. The predicted molar refractivity (Wildman–Crippen MR) is 114 cm³/mol. The summed E-state index contributed by atoms with van der Waals surface area (Å²) in [5, 5.41) is 9.20. The Morgan fingerprint density at radius 3 is 2.60 bits per heavy atom. The lowest BCUT2D eigenvalue weighted by molar-refractivity contribution is -0.128. The highest BCUT2D eigenvalue weighted by molar-refractivity contribution is 6.30. The molecule has 7 nitrogen and oxygen atoms in total. The van der Waals surface area contributed by atoms with Crippen LogP contribution in [0.25, 0.3) is 0 Å². The number of urea groups is 1. The van der Waals surface area contributed by atoms with Gasteiger partial charge in [-0.25, -0.2) is 4.79 Å². The average Bonchev–Trinajstić information content (AvgIpc) is 3.20. The molecule has 0 radical (unpaired) electrons. The fraction of sp³-hybridized carbons (Fsp3) is 0.364. The number of benzene rings is 2. The third-order valence-corrected chi connectivity index (χ3v) is 5.70. The summed E-state index contributed by atoms with van der Waals surface area (Å²) in [5.74, 6) is 1.20. The molecule has 0 aromatic heterocycles. The Labute approximate surface area is 180 Å². The summed E-state index contributed by atoms with van der Waals surface area (Å²) in [6.07, 6.45) is 4.02. The van der Waals surface area contributed by atoms with Crippen LogP contribution in [0.2, 0.25) is 5.02 Å². The van der Waals surface area contributed by atoms with Crippen LogP contribution < -0.4 is 25.4 Å². The Balaban J connectivity index is 1.41. The zero-order chi connectivity index (χ0) is 21.0. The van der Waals surface area contributed by atoms with E-state index >= 15 is 0 Å². The van der Waals surface area contributed by atoms with Crippen molar-refractivity contribution in [1.82, 2.24) is 10.6 Å². The Morgan fingerprint density at radius 1 is 1.00 bits per heavy atom. The van der Waals surface area contributed by atoms with Crippen LogP contribution in [0, 0.1) is 0 Å². The number of hydrogen-bond donors (Lipinski definition) is 3.